The second-order valence-corrected chi connectivity index (χ2v) is 10.8. The lowest BCUT2D eigenvalue weighted by molar-refractivity contribution is 0.0506. The van der Waals surface area contributed by atoms with Crippen LogP contribution in [0.4, 0.5) is 4.79 Å². The number of nitrogens with zero attached hydrogens (tertiary/aromatic N) is 1. The summed E-state index contributed by atoms with van der Waals surface area (Å²) >= 11 is 0. The van der Waals surface area contributed by atoms with Gasteiger partial charge in [-0.1, -0.05) is 48.5 Å². The summed E-state index contributed by atoms with van der Waals surface area (Å²) < 4.78 is 17.5. The van der Waals surface area contributed by atoms with E-state index in [0.29, 0.717) is 49.7 Å². The van der Waals surface area contributed by atoms with Crippen LogP contribution in [0.25, 0.3) is 11.1 Å². The fourth-order valence-corrected chi connectivity index (χ4v) is 6.91. The van der Waals surface area contributed by atoms with Gasteiger partial charge in [0, 0.05) is 35.9 Å². The van der Waals surface area contributed by atoms with Crippen LogP contribution in [0.5, 0.6) is 11.5 Å². The number of amides is 1. The Morgan fingerprint density at radius 3 is 2.13 bits per heavy atom. The molecule has 194 valence electrons. The number of benzene rings is 3. The molecule has 2 fully saturated rings. The van der Waals surface area contributed by atoms with Crippen molar-refractivity contribution >= 4 is 11.9 Å². The first-order valence-electron chi connectivity index (χ1n) is 13.7. The minimum absolute atomic E-state index is 0.0405. The quantitative estimate of drug-likeness (QED) is 0.391. The molecule has 2 bridgehead atoms. The van der Waals surface area contributed by atoms with Gasteiger partial charge in [0.2, 0.25) is 0 Å². The van der Waals surface area contributed by atoms with Crippen molar-refractivity contribution < 1.29 is 23.8 Å². The first kappa shape index (κ1) is 23.3. The lowest BCUT2D eigenvalue weighted by atomic mass is 9.85. The third kappa shape index (κ3) is 3.94. The van der Waals surface area contributed by atoms with E-state index in [0.717, 1.165) is 19.3 Å². The third-order valence-corrected chi connectivity index (χ3v) is 8.68. The largest absolute Gasteiger partial charge is 0.490 e. The normalized spacial score (nSPS) is 23.4. The molecule has 3 heterocycles. The first-order valence-corrected chi connectivity index (χ1v) is 13.7. The van der Waals surface area contributed by atoms with Crippen molar-refractivity contribution in [3.8, 4) is 22.6 Å². The lowest BCUT2D eigenvalue weighted by Gasteiger charge is -2.37. The fourth-order valence-electron chi connectivity index (χ4n) is 6.91. The van der Waals surface area contributed by atoms with Gasteiger partial charge in [-0.3, -0.25) is 4.79 Å². The summed E-state index contributed by atoms with van der Waals surface area (Å²) in [6, 6.07) is 22.3. The highest BCUT2D eigenvalue weighted by molar-refractivity contribution is 5.98. The van der Waals surface area contributed by atoms with Crippen LogP contribution in [0.2, 0.25) is 0 Å². The van der Waals surface area contributed by atoms with Gasteiger partial charge >= 0.3 is 6.09 Å². The van der Waals surface area contributed by atoms with Crippen LogP contribution in [0.1, 0.15) is 59.5 Å². The smallest absolute Gasteiger partial charge is 0.410 e. The number of piperidine rings is 1. The SMILES string of the molecule is O=C(c1ccc2c(c1)OCCCO2)C1CC2CCC(C1)N2C(=O)OCC1c2ccccc2-c2ccccc21. The van der Waals surface area contributed by atoms with Gasteiger partial charge in [-0.2, -0.15) is 0 Å². The highest BCUT2D eigenvalue weighted by atomic mass is 16.6. The number of ether oxygens (including phenoxy) is 3. The molecule has 2 atom stereocenters. The van der Waals surface area contributed by atoms with Gasteiger partial charge in [0.15, 0.2) is 17.3 Å². The van der Waals surface area contributed by atoms with E-state index >= 15 is 0 Å². The number of ketones is 1. The molecule has 3 aromatic carbocycles. The summed E-state index contributed by atoms with van der Waals surface area (Å²) in [6.45, 7) is 1.54. The number of hydrogen-bond acceptors (Lipinski definition) is 5. The highest BCUT2D eigenvalue weighted by Crippen LogP contribution is 2.45. The molecule has 0 aromatic heterocycles. The van der Waals surface area contributed by atoms with Gasteiger partial charge in [0.25, 0.3) is 0 Å². The number of Topliss-reactive ketones (excluding diaryl/α,β-unsaturated/α-hetero) is 1. The van der Waals surface area contributed by atoms with Crippen LogP contribution in [-0.4, -0.2) is 48.7 Å². The number of hydrogen-bond donors (Lipinski definition) is 0. The van der Waals surface area contributed by atoms with Crippen molar-refractivity contribution in [1.29, 1.82) is 0 Å². The highest BCUT2D eigenvalue weighted by Gasteiger charge is 2.46. The van der Waals surface area contributed by atoms with Crippen LogP contribution >= 0.6 is 0 Å². The van der Waals surface area contributed by atoms with E-state index in [1.807, 2.05) is 35.2 Å². The Labute approximate surface area is 222 Å². The van der Waals surface area contributed by atoms with Crippen molar-refractivity contribution in [3.63, 3.8) is 0 Å². The van der Waals surface area contributed by atoms with E-state index in [-0.39, 0.29) is 35.8 Å². The molecule has 2 saturated heterocycles. The summed E-state index contributed by atoms with van der Waals surface area (Å²) in [7, 11) is 0. The molecule has 38 heavy (non-hydrogen) atoms. The molecule has 0 spiro atoms. The zero-order chi connectivity index (χ0) is 25.6. The monoisotopic (exact) mass is 509 g/mol. The maximum Gasteiger partial charge on any atom is 0.410 e. The molecule has 0 radical (unpaired) electrons. The number of carbonyl (C=O) groups is 2. The fraction of sp³-hybridized carbons (Fsp3) is 0.375. The zero-order valence-electron chi connectivity index (χ0n) is 21.3. The van der Waals surface area contributed by atoms with E-state index in [1.165, 1.54) is 22.3 Å². The Balaban J connectivity index is 1.03. The Hall–Kier alpha value is -3.80. The van der Waals surface area contributed by atoms with E-state index in [9.17, 15) is 9.59 Å². The average molecular weight is 510 g/mol. The maximum atomic E-state index is 13.5. The van der Waals surface area contributed by atoms with Crippen LogP contribution in [-0.2, 0) is 4.74 Å². The van der Waals surface area contributed by atoms with Gasteiger partial charge in [-0.25, -0.2) is 4.79 Å². The standard InChI is InChI=1S/C32H31NO5/c34-31(20-10-13-29-30(18-20)37-15-5-14-36-29)21-16-22-11-12-23(17-21)33(22)32(35)38-19-28-26-8-3-1-6-24(26)25-7-2-4-9-27(25)28/h1-4,6-10,13,18,21-23,28H,5,11-12,14-17,19H2. The molecule has 0 N–H and O–H groups in total. The van der Waals surface area contributed by atoms with Crippen molar-refractivity contribution in [2.75, 3.05) is 19.8 Å². The number of fused-ring (bicyclic) bond motifs is 6. The molecular formula is C32H31NO5. The number of rotatable bonds is 4. The van der Waals surface area contributed by atoms with Crippen molar-refractivity contribution in [1.82, 2.24) is 4.90 Å². The van der Waals surface area contributed by atoms with Crippen molar-refractivity contribution in [3.05, 3.63) is 83.4 Å². The molecule has 0 saturated carbocycles. The topological polar surface area (TPSA) is 65.1 Å². The second kappa shape index (κ2) is 9.50. The van der Waals surface area contributed by atoms with Gasteiger partial charge in [-0.15, -0.1) is 0 Å². The van der Waals surface area contributed by atoms with E-state index in [4.69, 9.17) is 14.2 Å². The second-order valence-electron chi connectivity index (χ2n) is 10.8. The van der Waals surface area contributed by atoms with E-state index in [2.05, 4.69) is 36.4 Å². The first-order chi connectivity index (χ1) is 18.7. The average Bonchev–Trinajstić information content (AvgIpc) is 3.28. The molecule has 3 aliphatic heterocycles. The Bertz CT molecular complexity index is 1340. The van der Waals surface area contributed by atoms with Crippen LogP contribution in [0.15, 0.2) is 66.7 Å². The van der Waals surface area contributed by atoms with Gasteiger partial charge in [0.1, 0.15) is 6.61 Å². The van der Waals surface area contributed by atoms with Gasteiger partial charge in [0.05, 0.1) is 13.2 Å². The predicted octanol–water partition coefficient (Wildman–Crippen LogP) is 6.22. The lowest BCUT2D eigenvalue weighted by Crippen LogP contribution is -2.48. The molecular weight excluding hydrogens is 478 g/mol. The zero-order valence-corrected chi connectivity index (χ0v) is 21.3. The van der Waals surface area contributed by atoms with Crippen LogP contribution in [0, 0.1) is 5.92 Å². The molecule has 1 aliphatic carbocycles. The van der Waals surface area contributed by atoms with Crippen LogP contribution in [0.3, 0.4) is 0 Å². The summed E-state index contributed by atoms with van der Waals surface area (Å²) in [4.78, 5) is 28.8. The summed E-state index contributed by atoms with van der Waals surface area (Å²) in [5.74, 6) is 1.42. The minimum atomic E-state index is -0.249. The summed E-state index contributed by atoms with van der Waals surface area (Å²) in [6.07, 6.45) is 3.76. The molecule has 6 nitrogen and oxygen atoms in total. The summed E-state index contributed by atoms with van der Waals surface area (Å²) in [5, 5.41) is 0. The third-order valence-electron chi connectivity index (χ3n) is 8.68. The maximum absolute atomic E-state index is 13.5. The molecule has 7 rings (SSSR count). The van der Waals surface area contributed by atoms with E-state index < -0.39 is 0 Å². The molecule has 6 heteroatoms. The van der Waals surface area contributed by atoms with Crippen molar-refractivity contribution in [2.24, 2.45) is 5.92 Å². The Kier molecular flexibility index (Phi) is 5.83. The number of carbonyl (C=O) groups excluding carboxylic acids is 2. The molecule has 2 unspecified atom stereocenters. The van der Waals surface area contributed by atoms with Crippen molar-refractivity contribution in [2.45, 2.75) is 50.1 Å². The van der Waals surface area contributed by atoms with Gasteiger partial charge in [-0.05, 0) is 66.1 Å². The minimum Gasteiger partial charge on any atom is -0.490 e. The predicted molar refractivity (Wildman–Crippen MR) is 143 cm³/mol. The molecule has 4 aliphatic rings. The summed E-state index contributed by atoms with van der Waals surface area (Å²) in [5.41, 5.74) is 5.53. The molecule has 3 aromatic rings. The molecule has 1 amide bonds. The van der Waals surface area contributed by atoms with E-state index in [1.54, 1.807) is 0 Å². The van der Waals surface area contributed by atoms with Crippen LogP contribution < -0.4 is 9.47 Å². The Morgan fingerprint density at radius 2 is 1.45 bits per heavy atom. The Morgan fingerprint density at radius 1 is 0.816 bits per heavy atom. The van der Waals surface area contributed by atoms with Gasteiger partial charge < -0.3 is 19.1 Å².